The van der Waals surface area contributed by atoms with E-state index in [9.17, 15) is 0 Å². The summed E-state index contributed by atoms with van der Waals surface area (Å²) in [4.78, 5) is 12.4. The highest BCUT2D eigenvalue weighted by Gasteiger charge is 2.37. The van der Waals surface area contributed by atoms with Crippen LogP contribution in [0.1, 0.15) is 49.7 Å². The highest BCUT2D eigenvalue weighted by atomic mass is 15.3. The van der Waals surface area contributed by atoms with Crippen LogP contribution in [0.25, 0.3) is 11.5 Å². The van der Waals surface area contributed by atoms with Crippen LogP contribution in [0.4, 0.5) is 0 Å². The van der Waals surface area contributed by atoms with Crippen LogP contribution in [0.3, 0.4) is 0 Å². The van der Waals surface area contributed by atoms with E-state index in [0.717, 1.165) is 36.0 Å². The second-order valence-electron chi connectivity index (χ2n) is 5.85. The normalized spacial score (nSPS) is 21.4. The lowest BCUT2D eigenvalue weighted by Gasteiger charge is -2.35. The standard InChI is InChI=1S/C13H18N6/c1-19-11(17-10(18-19)8-3-4-8)9-7-15-12(16-9)13(14)5-2-6-13/h7-8H,2-6,14H2,1H3,(H,15,16). The lowest BCUT2D eigenvalue weighted by atomic mass is 9.77. The maximum atomic E-state index is 6.28. The number of nitrogens with zero attached hydrogens (tertiary/aromatic N) is 4. The fraction of sp³-hybridized carbons (Fsp3) is 0.615. The lowest BCUT2D eigenvalue weighted by Crippen LogP contribution is -2.44. The Labute approximate surface area is 111 Å². The summed E-state index contributed by atoms with van der Waals surface area (Å²) in [6, 6.07) is 0. The molecule has 2 saturated carbocycles. The lowest BCUT2D eigenvalue weighted by molar-refractivity contribution is 0.240. The Morgan fingerprint density at radius 3 is 2.84 bits per heavy atom. The Balaban J connectivity index is 1.68. The van der Waals surface area contributed by atoms with Gasteiger partial charge in [0.25, 0.3) is 0 Å². The van der Waals surface area contributed by atoms with E-state index in [1.54, 1.807) is 0 Å². The molecule has 4 rings (SSSR count). The van der Waals surface area contributed by atoms with Crippen molar-refractivity contribution in [3.05, 3.63) is 17.8 Å². The summed E-state index contributed by atoms with van der Waals surface area (Å²) in [5, 5.41) is 4.48. The number of aromatic nitrogens is 5. The summed E-state index contributed by atoms with van der Waals surface area (Å²) >= 11 is 0. The van der Waals surface area contributed by atoms with E-state index >= 15 is 0 Å². The molecule has 2 aromatic rings. The third kappa shape index (κ3) is 1.70. The molecule has 0 saturated heterocycles. The number of hydrogen-bond acceptors (Lipinski definition) is 4. The van der Waals surface area contributed by atoms with Crippen LogP contribution in [-0.4, -0.2) is 24.7 Å². The molecular formula is C13H18N6. The summed E-state index contributed by atoms with van der Waals surface area (Å²) in [7, 11) is 1.93. The van der Waals surface area contributed by atoms with Crippen LogP contribution in [0.2, 0.25) is 0 Å². The average Bonchev–Trinajstić information content (AvgIpc) is 2.96. The van der Waals surface area contributed by atoms with E-state index in [4.69, 9.17) is 5.73 Å². The summed E-state index contributed by atoms with van der Waals surface area (Å²) in [5.74, 6) is 3.25. The third-order valence-electron chi connectivity index (χ3n) is 4.26. The van der Waals surface area contributed by atoms with Gasteiger partial charge in [-0.3, -0.25) is 0 Å². The van der Waals surface area contributed by atoms with Crippen LogP contribution in [0.15, 0.2) is 6.20 Å². The van der Waals surface area contributed by atoms with E-state index < -0.39 is 0 Å². The first-order valence-electron chi connectivity index (χ1n) is 6.91. The maximum absolute atomic E-state index is 6.28. The molecule has 2 heterocycles. The maximum Gasteiger partial charge on any atom is 0.176 e. The molecule has 2 aliphatic carbocycles. The predicted octanol–water partition coefficient (Wildman–Crippen LogP) is 1.42. The van der Waals surface area contributed by atoms with Gasteiger partial charge in [0, 0.05) is 13.0 Å². The first kappa shape index (κ1) is 11.2. The van der Waals surface area contributed by atoms with Gasteiger partial charge < -0.3 is 10.7 Å². The van der Waals surface area contributed by atoms with Crippen molar-refractivity contribution < 1.29 is 0 Å². The monoisotopic (exact) mass is 258 g/mol. The van der Waals surface area contributed by atoms with E-state index in [2.05, 4.69) is 20.1 Å². The van der Waals surface area contributed by atoms with Crippen molar-refractivity contribution in [2.45, 2.75) is 43.6 Å². The molecule has 0 unspecified atom stereocenters. The number of rotatable bonds is 3. The van der Waals surface area contributed by atoms with Crippen molar-refractivity contribution >= 4 is 0 Å². The third-order valence-corrected chi connectivity index (χ3v) is 4.26. The minimum atomic E-state index is -0.254. The van der Waals surface area contributed by atoms with Crippen LogP contribution >= 0.6 is 0 Å². The molecule has 0 spiro atoms. The number of hydrogen-bond donors (Lipinski definition) is 2. The molecule has 100 valence electrons. The van der Waals surface area contributed by atoms with Crippen LogP contribution in [0.5, 0.6) is 0 Å². The van der Waals surface area contributed by atoms with Crippen LogP contribution in [-0.2, 0) is 12.6 Å². The predicted molar refractivity (Wildman–Crippen MR) is 70.3 cm³/mol. The van der Waals surface area contributed by atoms with E-state index in [-0.39, 0.29) is 5.54 Å². The van der Waals surface area contributed by atoms with E-state index in [0.29, 0.717) is 5.92 Å². The van der Waals surface area contributed by atoms with Gasteiger partial charge in [-0.1, -0.05) is 0 Å². The molecule has 0 atom stereocenters. The van der Waals surface area contributed by atoms with E-state index in [1.165, 1.54) is 19.3 Å². The summed E-state index contributed by atoms with van der Waals surface area (Å²) in [6.07, 6.45) is 7.44. The molecule has 6 heteroatoms. The molecule has 0 aliphatic heterocycles. The van der Waals surface area contributed by atoms with Crippen molar-refractivity contribution in [2.24, 2.45) is 12.8 Å². The molecule has 2 aliphatic rings. The van der Waals surface area contributed by atoms with Gasteiger partial charge in [0.05, 0.1) is 11.7 Å². The van der Waals surface area contributed by atoms with Crippen molar-refractivity contribution in [2.75, 3.05) is 0 Å². The van der Waals surface area contributed by atoms with Gasteiger partial charge in [-0.25, -0.2) is 14.6 Å². The molecule has 2 fully saturated rings. The molecule has 2 aromatic heterocycles. The van der Waals surface area contributed by atoms with Gasteiger partial charge in [0.1, 0.15) is 11.5 Å². The van der Waals surface area contributed by atoms with Gasteiger partial charge in [-0.05, 0) is 32.1 Å². The molecule has 19 heavy (non-hydrogen) atoms. The summed E-state index contributed by atoms with van der Waals surface area (Å²) in [5.41, 5.74) is 6.94. The summed E-state index contributed by atoms with van der Waals surface area (Å²) < 4.78 is 1.83. The quantitative estimate of drug-likeness (QED) is 0.871. The summed E-state index contributed by atoms with van der Waals surface area (Å²) in [6.45, 7) is 0. The number of aryl methyl sites for hydroxylation is 1. The highest BCUT2D eigenvalue weighted by molar-refractivity contribution is 5.49. The number of imidazole rings is 1. The fourth-order valence-electron chi connectivity index (χ4n) is 2.64. The highest BCUT2D eigenvalue weighted by Crippen LogP contribution is 2.39. The molecule has 0 amide bonds. The average molecular weight is 258 g/mol. The topological polar surface area (TPSA) is 85.4 Å². The number of nitrogens with two attached hydrogens (primary N) is 1. The van der Waals surface area contributed by atoms with Crippen LogP contribution < -0.4 is 5.73 Å². The van der Waals surface area contributed by atoms with Crippen molar-refractivity contribution in [1.29, 1.82) is 0 Å². The van der Waals surface area contributed by atoms with E-state index in [1.807, 2.05) is 17.9 Å². The zero-order chi connectivity index (χ0) is 13.0. The smallest absolute Gasteiger partial charge is 0.176 e. The Hall–Kier alpha value is -1.69. The van der Waals surface area contributed by atoms with Crippen molar-refractivity contribution in [3.8, 4) is 11.5 Å². The van der Waals surface area contributed by atoms with Gasteiger partial charge >= 0.3 is 0 Å². The second kappa shape index (κ2) is 3.66. The van der Waals surface area contributed by atoms with Gasteiger partial charge in [-0.2, -0.15) is 5.10 Å². The largest absolute Gasteiger partial charge is 0.338 e. The van der Waals surface area contributed by atoms with Gasteiger partial charge in [-0.15, -0.1) is 0 Å². The molecule has 0 radical (unpaired) electrons. The zero-order valence-electron chi connectivity index (χ0n) is 11.1. The first-order valence-corrected chi connectivity index (χ1v) is 6.91. The van der Waals surface area contributed by atoms with Gasteiger partial charge in [0.2, 0.25) is 0 Å². The molecule has 0 bridgehead atoms. The number of nitrogens with one attached hydrogen (secondary N) is 1. The minimum absolute atomic E-state index is 0.254. The van der Waals surface area contributed by atoms with Crippen molar-refractivity contribution in [3.63, 3.8) is 0 Å². The Morgan fingerprint density at radius 2 is 2.21 bits per heavy atom. The first-order chi connectivity index (χ1) is 9.16. The number of aromatic amines is 1. The minimum Gasteiger partial charge on any atom is -0.338 e. The SMILES string of the molecule is Cn1nc(C2CC2)nc1-c1cnc(C2(N)CCC2)[nH]1. The molecule has 6 nitrogen and oxygen atoms in total. The second-order valence-corrected chi connectivity index (χ2v) is 5.85. The number of H-pyrrole nitrogens is 1. The molecular weight excluding hydrogens is 240 g/mol. The van der Waals surface area contributed by atoms with Gasteiger partial charge in [0.15, 0.2) is 11.6 Å². The van der Waals surface area contributed by atoms with Crippen molar-refractivity contribution in [1.82, 2.24) is 24.7 Å². The Kier molecular flexibility index (Phi) is 2.15. The Bertz CT molecular complexity index is 617. The fourth-order valence-corrected chi connectivity index (χ4v) is 2.64. The van der Waals surface area contributed by atoms with Crippen LogP contribution in [0, 0.1) is 0 Å². The molecule has 0 aromatic carbocycles. The molecule has 3 N–H and O–H groups in total. The Morgan fingerprint density at radius 1 is 1.42 bits per heavy atom. The zero-order valence-corrected chi connectivity index (χ0v) is 11.1.